The molecule has 1 aromatic carbocycles. The van der Waals surface area contributed by atoms with Gasteiger partial charge in [-0.05, 0) is 72.1 Å². The summed E-state index contributed by atoms with van der Waals surface area (Å²) >= 11 is 0. The van der Waals surface area contributed by atoms with Crippen LogP contribution in [-0.2, 0) is 17.8 Å². The summed E-state index contributed by atoms with van der Waals surface area (Å²) in [5.74, 6) is 1.85. The number of aromatic nitrogens is 3. The van der Waals surface area contributed by atoms with E-state index in [2.05, 4.69) is 18.7 Å². The molecule has 2 aromatic rings. The smallest absolute Gasteiger partial charge is 0.177 e. The van der Waals surface area contributed by atoms with Gasteiger partial charge in [-0.2, -0.15) is 0 Å². The van der Waals surface area contributed by atoms with Crippen molar-refractivity contribution in [1.29, 1.82) is 0 Å². The fourth-order valence-electron chi connectivity index (χ4n) is 3.84. The Hall–Kier alpha value is -1.99. The molecule has 3 rings (SSSR count). The van der Waals surface area contributed by atoms with Gasteiger partial charge in [-0.3, -0.25) is 0 Å². The van der Waals surface area contributed by atoms with Gasteiger partial charge in [0.1, 0.15) is 12.4 Å². The van der Waals surface area contributed by atoms with Crippen LogP contribution in [0.5, 0.6) is 5.75 Å². The highest BCUT2D eigenvalue weighted by Gasteiger charge is 2.25. The minimum Gasteiger partial charge on any atom is -0.494 e. The average molecular weight is 419 g/mol. The van der Waals surface area contributed by atoms with Gasteiger partial charge in [0.15, 0.2) is 17.4 Å². The lowest BCUT2D eigenvalue weighted by Crippen LogP contribution is -2.40. The first-order valence-corrected chi connectivity index (χ1v) is 10.8. The molecule has 1 saturated heterocycles. The standard InChI is InChI=1S/C23H35FN4O2/c1-16(2)27-11-7-8-17(14-27)12-22-25-21(15-30-23(3,4)5)26-28(22)18-9-10-19(24)20(13-18)29-6/h9-10,13,16-17H,7-8,11-12,14-15H2,1-6H3. The minimum atomic E-state index is -0.390. The van der Waals surface area contributed by atoms with Crippen LogP contribution in [0, 0.1) is 11.7 Å². The molecule has 166 valence electrons. The maximum atomic E-state index is 13.9. The van der Waals surface area contributed by atoms with Gasteiger partial charge in [0.05, 0.1) is 18.4 Å². The van der Waals surface area contributed by atoms with Gasteiger partial charge < -0.3 is 14.4 Å². The zero-order chi connectivity index (χ0) is 21.9. The second-order valence-corrected chi connectivity index (χ2v) is 9.38. The van der Waals surface area contributed by atoms with Crippen LogP contribution in [0.3, 0.4) is 0 Å². The Labute approximate surface area is 179 Å². The third-order valence-electron chi connectivity index (χ3n) is 5.48. The summed E-state index contributed by atoms with van der Waals surface area (Å²) in [6.45, 7) is 13.1. The van der Waals surface area contributed by atoms with Crippen LogP contribution in [0.2, 0.25) is 0 Å². The summed E-state index contributed by atoms with van der Waals surface area (Å²) < 4.78 is 26.8. The van der Waals surface area contributed by atoms with Crippen LogP contribution in [0.4, 0.5) is 4.39 Å². The van der Waals surface area contributed by atoms with E-state index >= 15 is 0 Å². The molecule has 1 aliphatic heterocycles. The Morgan fingerprint density at radius 2 is 2.03 bits per heavy atom. The van der Waals surface area contributed by atoms with Crippen LogP contribution in [0.15, 0.2) is 18.2 Å². The van der Waals surface area contributed by atoms with Crippen LogP contribution >= 0.6 is 0 Å². The Morgan fingerprint density at radius 3 is 2.70 bits per heavy atom. The van der Waals surface area contributed by atoms with Crippen molar-refractivity contribution < 1.29 is 13.9 Å². The van der Waals surface area contributed by atoms with Gasteiger partial charge in [-0.1, -0.05) is 0 Å². The van der Waals surface area contributed by atoms with E-state index in [0.29, 0.717) is 24.4 Å². The zero-order valence-electron chi connectivity index (χ0n) is 19.1. The zero-order valence-corrected chi connectivity index (χ0v) is 19.1. The molecule has 0 radical (unpaired) electrons. The normalized spacial score (nSPS) is 18.2. The molecule has 0 N–H and O–H groups in total. The number of hydrogen-bond acceptors (Lipinski definition) is 5. The predicted molar refractivity (Wildman–Crippen MR) is 116 cm³/mol. The molecular weight excluding hydrogens is 383 g/mol. The van der Waals surface area contributed by atoms with E-state index in [1.165, 1.54) is 26.0 Å². The molecule has 1 atom stereocenters. The largest absolute Gasteiger partial charge is 0.494 e. The summed E-state index contributed by atoms with van der Waals surface area (Å²) in [5.41, 5.74) is 0.473. The number of rotatable bonds is 7. The molecule has 1 unspecified atom stereocenters. The maximum Gasteiger partial charge on any atom is 0.177 e. The monoisotopic (exact) mass is 418 g/mol. The molecule has 1 aromatic heterocycles. The van der Waals surface area contributed by atoms with Crippen molar-refractivity contribution >= 4 is 0 Å². The van der Waals surface area contributed by atoms with Crippen molar-refractivity contribution in [2.45, 2.75) is 72.1 Å². The Bertz CT molecular complexity index is 844. The Balaban J connectivity index is 1.88. The lowest BCUT2D eigenvalue weighted by Gasteiger charge is -2.35. The maximum absolute atomic E-state index is 13.9. The number of halogens is 1. The number of benzene rings is 1. The molecule has 2 heterocycles. The first kappa shape index (κ1) is 22.7. The number of hydrogen-bond donors (Lipinski definition) is 0. The van der Waals surface area contributed by atoms with E-state index in [0.717, 1.165) is 31.0 Å². The Kier molecular flexibility index (Phi) is 7.14. The molecule has 0 bridgehead atoms. The van der Waals surface area contributed by atoms with Crippen molar-refractivity contribution in [3.63, 3.8) is 0 Å². The van der Waals surface area contributed by atoms with E-state index in [9.17, 15) is 4.39 Å². The summed E-state index contributed by atoms with van der Waals surface area (Å²) in [4.78, 5) is 7.33. The molecule has 7 heteroatoms. The van der Waals surface area contributed by atoms with Gasteiger partial charge in [-0.25, -0.2) is 14.1 Å². The topological polar surface area (TPSA) is 52.4 Å². The van der Waals surface area contributed by atoms with E-state index in [1.54, 1.807) is 12.1 Å². The molecule has 0 aliphatic carbocycles. The van der Waals surface area contributed by atoms with Gasteiger partial charge in [0.2, 0.25) is 0 Å². The number of likely N-dealkylation sites (tertiary alicyclic amines) is 1. The summed E-state index contributed by atoms with van der Waals surface area (Å²) in [7, 11) is 1.47. The number of methoxy groups -OCH3 is 1. The SMILES string of the molecule is COc1cc(-n2nc(COC(C)(C)C)nc2CC2CCCN(C(C)C)C2)ccc1F. The molecule has 6 nitrogen and oxygen atoms in total. The first-order chi connectivity index (χ1) is 14.2. The fourth-order valence-corrected chi connectivity index (χ4v) is 3.84. The van der Waals surface area contributed by atoms with E-state index in [-0.39, 0.29) is 17.2 Å². The predicted octanol–water partition coefficient (Wildman–Crippen LogP) is 4.39. The summed E-state index contributed by atoms with van der Waals surface area (Å²) in [6, 6.07) is 5.34. The molecule has 1 fully saturated rings. The van der Waals surface area contributed by atoms with Gasteiger partial charge in [-0.15, -0.1) is 5.10 Å². The van der Waals surface area contributed by atoms with Crippen LogP contribution in [0.25, 0.3) is 5.69 Å². The highest BCUT2D eigenvalue weighted by molar-refractivity contribution is 5.40. The van der Waals surface area contributed by atoms with E-state index < -0.39 is 0 Å². The van der Waals surface area contributed by atoms with Crippen molar-refractivity contribution in [1.82, 2.24) is 19.7 Å². The van der Waals surface area contributed by atoms with Gasteiger partial charge in [0.25, 0.3) is 0 Å². The fraction of sp³-hybridized carbons (Fsp3) is 0.652. The second kappa shape index (κ2) is 9.43. The minimum absolute atomic E-state index is 0.199. The second-order valence-electron chi connectivity index (χ2n) is 9.38. The molecule has 30 heavy (non-hydrogen) atoms. The highest BCUT2D eigenvalue weighted by Crippen LogP contribution is 2.25. The van der Waals surface area contributed by atoms with Crippen molar-refractivity contribution in [2.24, 2.45) is 5.92 Å². The van der Waals surface area contributed by atoms with Gasteiger partial charge >= 0.3 is 0 Å². The van der Waals surface area contributed by atoms with Crippen molar-refractivity contribution in [3.05, 3.63) is 35.7 Å². The highest BCUT2D eigenvalue weighted by atomic mass is 19.1. The van der Waals surface area contributed by atoms with Gasteiger partial charge in [0, 0.05) is 25.1 Å². The van der Waals surface area contributed by atoms with Crippen LogP contribution in [-0.4, -0.2) is 51.5 Å². The van der Waals surface area contributed by atoms with Crippen LogP contribution in [0.1, 0.15) is 59.1 Å². The molecule has 0 saturated carbocycles. The van der Waals surface area contributed by atoms with E-state index in [1.807, 2.05) is 25.5 Å². The lowest BCUT2D eigenvalue weighted by atomic mass is 9.93. The summed E-state index contributed by atoms with van der Waals surface area (Å²) in [5, 5.41) is 4.70. The number of ether oxygens (including phenoxy) is 2. The number of nitrogens with zero attached hydrogens (tertiary/aromatic N) is 4. The number of piperidine rings is 1. The third kappa shape index (κ3) is 5.79. The quantitative estimate of drug-likeness (QED) is 0.667. The van der Waals surface area contributed by atoms with Crippen molar-refractivity contribution in [3.8, 4) is 11.4 Å². The Morgan fingerprint density at radius 1 is 1.27 bits per heavy atom. The van der Waals surface area contributed by atoms with Crippen molar-refractivity contribution in [2.75, 3.05) is 20.2 Å². The average Bonchev–Trinajstić information content (AvgIpc) is 3.09. The third-order valence-corrected chi connectivity index (χ3v) is 5.48. The molecule has 0 amide bonds. The summed E-state index contributed by atoms with van der Waals surface area (Å²) in [6.07, 6.45) is 3.20. The molecular formula is C23H35FN4O2. The molecule has 1 aliphatic rings. The van der Waals surface area contributed by atoms with E-state index in [4.69, 9.17) is 19.6 Å². The lowest BCUT2D eigenvalue weighted by molar-refractivity contribution is -0.0181. The molecule has 0 spiro atoms. The first-order valence-electron chi connectivity index (χ1n) is 10.8. The van der Waals surface area contributed by atoms with Crippen LogP contribution < -0.4 is 4.74 Å².